The van der Waals surface area contributed by atoms with Crippen molar-refractivity contribution < 1.29 is 19.1 Å². The van der Waals surface area contributed by atoms with E-state index in [1.807, 2.05) is 24.3 Å². The van der Waals surface area contributed by atoms with E-state index in [1.54, 1.807) is 0 Å². The van der Waals surface area contributed by atoms with E-state index in [9.17, 15) is 14.4 Å². The van der Waals surface area contributed by atoms with E-state index in [1.165, 1.54) is 44.7 Å². The summed E-state index contributed by atoms with van der Waals surface area (Å²) in [6, 6.07) is 5.20. The van der Waals surface area contributed by atoms with E-state index in [0.717, 1.165) is 10.2 Å². The summed E-state index contributed by atoms with van der Waals surface area (Å²) in [5.41, 5.74) is 1.08. The predicted molar refractivity (Wildman–Crippen MR) is 146 cm³/mol. The lowest BCUT2D eigenvalue weighted by atomic mass is 9.99. The van der Waals surface area contributed by atoms with Crippen LogP contribution in [0.2, 0.25) is 0 Å². The Morgan fingerprint density at radius 3 is 2.51 bits per heavy atom. The number of rotatable bonds is 9. The maximum atomic E-state index is 13.1. The van der Waals surface area contributed by atoms with Crippen molar-refractivity contribution in [3.8, 4) is 0 Å². The average molecular weight is 658 g/mol. The Hall–Kier alpha value is -0.300. The van der Waals surface area contributed by atoms with Crippen LogP contribution in [0.3, 0.4) is 0 Å². The molecule has 1 aromatic carbocycles. The molecule has 7 nitrogen and oxygen atoms in total. The first kappa shape index (κ1) is 29.3. The zero-order valence-electron chi connectivity index (χ0n) is 17.5. The second-order valence-corrected chi connectivity index (χ2v) is 14.7. The van der Waals surface area contributed by atoms with Crippen molar-refractivity contribution in [1.82, 2.24) is 15.2 Å². The maximum absolute atomic E-state index is 13.1. The fraction of sp³-hybridized carbons (Fsp3) is 0.368. The van der Waals surface area contributed by atoms with Gasteiger partial charge >= 0.3 is 5.97 Å². The first-order valence-corrected chi connectivity index (χ1v) is 14.9. The van der Waals surface area contributed by atoms with E-state index >= 15 is 0 Å². The lowest BCUT2D eigenvalue weighted by Crippen LogP contribution is -2.73. The molecule has 3 rings (SSSR count). The van der Waals surface area contributed by atoms with Gasteiger partial charge in [-0.2, -0.15) is 0 Å². The molecule has 1 N–H and O–H groups in total. The second kappa shape index (κ2) is 11.6. The van der Waals surface area contributed by atoms with Crippen LogP contribution in [-0.2, 0) is 19.1 Å². The van der Waals surface area contributed by atoms with Gasteiger partial charge in [-0.15, -0.1) is 22.9 Å². The molecule has 190 valence electrons. The minimum Gasteiger partial charge on any atom is -0.426 e. The van der Waals surface area contributed by atoms with Crippen LogP contribution in [0.1, 0.15) is 6.92 Å². The van der Waals surface area contributed by atoms with Crippen LogP contribution in [-0.4, -0.2) is 59.3 Å². The fourth-order valence-corrected chi connectivity index (χ4v) is 7.31. The Kier molecular flexibility index (Phi) is 9.71. The van der Waals surface area contributed by atoms with Crippen LogP contribution in [0.15, 0.2) is 40.8 Å². The first-order chi connectivity index (χ1) is 16.2. The summed E-state index contributed by atoms with van der Waals surface area (Å²) in [7, 11) is 2.43. The Bertz CT molecular complexity index is 1130. The molecule has 1 aliphatic heterocycles. The molecule has 3 atom stereocenters. The zero-order valence-corrected chi connectivity index (χ0v) is 24.5. The highest BCUT2D eigenvalue weighted by Gasteiger charge is 2.55. The van der Waals surface area contributed by atoms with Crippen LogP contribution < -0.4 is 5.32 Å². The third-order valence-corrected chi connectivity index (χ3v) is 10.1. The zero-order chi connectivity index (χ0) is 26.1. The molecule has 0 bridgehead atoms. The number of benzene rings is 1. The third kappa shape index (κ3) is 6.97. The summed E-state index contributed by atoms with van der Waals surface area (Å²) in [5, 5.41) is 1.62. The molecular weight excluding hydrogens is 643 g/mol. The molecule has 2 amide bonds. The molecule has 3 unspecified atom stereocenters. The number of nitrogens with zero attached hydrogens (tertiary/aromatic N) is 2. The van der Waals surface area contributed by atoms with Crippen LogP contribution >= 0.6 is 103 Å². The molecule has 35 heavy (non-hydrogen) atoms. The van der Waals surface area contributed by atoms with Crippen LogP contribution in [0, 0.1) is 0 Å². The number of para-hydroxylation sites is 1. The van der Waals surface area contributed by atoms with Gasteiger partial charge in [0.2, 0.25) is 5.91 Å². The van der Waals surface area contributed by atoms with Gasteiger partial charge in [0.1, 0.15) is 11.4 Å². The number of carbonyl (C=O) groups excluding carboxylic acids is 3. The highest BCUT2D eigenvalue weighted by molar-refractivity contribution is 8.77. The van der Waals surface area contributed by atoms with Crippen molar-refractivity contribution in [2.45, 2.75) is 37.0 Å². The van der Waals surface area contributed by atoms with Crippen molar-refractivity contribution in [3.05, 3.63) is 36.4 Å². The average Bonchev–Trinajstić information content (AvgIpc) is 3.18. The Morgan fingerprint density at radius 2 is 1.94 bits per heavy atom. The summed E-state index contributed by atoms with van der Waals surface area (Å²) >= 11 is 35.8. The molecule has 2 heterocycles. The van der Waals surface area contributed by atoms with Crippen LogP contribution in [0.5, 0.6) is 0 Å². The van der Waals surface area contributed by atoms with Crippen molar-refractivity contribution in [2.75, 3.05) is 5.88 Å². The van der Waals surface area contributed by atoms with E-state index in [2.05, 4.69) is 16.9 Å². The second-order valence-electron chi connectivity index (χ2n) is 7.15. The molecule has 1 aliphatic rings. The number of β-lactam (4-membered cyclic amide) rings is 1. The first-order valence-electron chi connectivity index (χ1n) is 9.46. The van der Waals surface area contributed by atoms with Gasteiger partial charge in [0, 0.05) is 0 Å². The lowest BCUT2D eigenvalue weighted by molar-refractivity contribution is -0.164. The number of thiazole rings is 1. The normalized spacial score (nSPS) is 19.3. The molecule has 1 fully saturated rings. The molecule has 1 saturated heterocycles. The van der Waals surface area contributed by atoms with Crippen molar-refractivity contribution in [3.63, 3.8) is 0 Å². The molecular formula is C19H15Cl6N3O4S3. The fourth-order valence-electron chi connectivity index (χ4n) is 2.98. The number of fused-ring (bicyclic) bond motifs is 1. The van der Waals surface area contributed by atoms with Gasteiger partial charge in [-0.25, -0.2) is 9.78 Å². The number of aromatic nitrogens is 1. The number of hydrogen-bond donors (Lipinski definition) is 1. The number of likely N-dealkylation sites (tertiary alicyclic amines) is 1. The van der Waals surface area contributed by atoms with Gasteiger partial charge < -0.3 is 15.0 Å². The number of carbonyl (C=O) groups is 3. The Labute approximate surface area is 242 Å². The predicted octanol–water partition coefficient (Wildman–Crippen LogP) is 5.92. The minimum absolute atomic E-state index is 0.267. The monoisotopic (exact) mass is 655 g/mol. The van der Waals surface area contributed by atoms with E-state index in [4.69, 9.17) is 74.3 Å². The highest BCUT2D eigenvalue weighted by Crippen LogP contribution is 2.46. The van der Waals surface area contributed by atoms with Crippen LogP contribution in [0.4, 0.5) is 0 Å². The van der Waals surface area contributed by atoms with Gasteiger partial charge in [-0.3, -0.25) is 9.59 Å². The number of ether oxygens (including phenoxy) is 1. The molecule has 0 radical (unpaired) electrons. The largest absolute Gasteiger partial charge is 0.426 e. The van der Waals surface area contributed by atoms with Crippen molar-refractivity contribution >= 4 is 131 Å². The number of amides is 2. The number of halogens is 6. The summed E-state index contributed by atoms with van der Waals surface area (Å²) in [6.07, 6.45) is 0. The van der Waals surface area contributed by atoms with Gasteiger partial charge in [0.05, 0.1) is 16.1 Å². The molecule has 0 aliphatic carbocycles. The maximum Gasteiger partial charge on any atom is 0.335 e. The van der Waals surface area contributed by atoms with Crippen LogP contribution in [0.25, 0.3) is 10.2 Å². The SMILES string of the molecule is C=C(C)C(C(=O)OC(Cl)(Cl)CCl)N1C(=O)C(NC(=O)C(Cl)(Cl)Cl)C1SSc1nc2ccccc2s1. The molecule has 16 heteroatoms. The smallest absolute Gasteiger partial charge is 0.335 e. The van der Waals surface area contributed by atoms with E-state index in [0.29, 0.717) is 4.34 Å². The van der Waals surface area contributed by atoms with E-state index in [-0.39, 0.29) is 5.57 Å². The van der Waals surface area contributed by atoms with Crippen molar-refractivity contribution in [2.24, 2.45) is 0 Å². The summed E-state index contributed by atoms with van der Waals surface area (Å²) in [6.45, 7) is 5.31. The summed E-state index contributed by atoms with van der Waals surface area (Å²) in [4.78, 5) is 43.9. The highest BCUT2D eigenvalue weighted by atomic mass is 35.6. The van der Waals surface area contributed by atoms with Gasteiger partial charge in [-0.1, -0.05) is 87.5 Å². The number of hydrogen-bond acceptors (Lipinski definition) is 8. The third-order valence-electron chi connectivity index (χ3n) is 4.49. The number of esters is 1. The molecule has 2 aromatic rings. The molecule has 0 saturated carbocycles. The van der Waals surface area contributed by atoms with Gasteiger partial charge in [-0.05, 0) is 35.4 Å². The standard InChI is InChI=1S/C19H15Cl6N3O4S3/c1-8(2)12(15(30)32-18(21,22)7-20)28-13(29)11(27-16(31)19(23,24)25)14(28)34-35-17-26-9-5-3-4-6-10(9)33-17/h3-6,11-12,14H,1,7H2,2H3,(H,27,31). The molecule has 0 spiro atoms. The Morgan fingerprint density at radius 1 is 1.29 bits per heavy atom. The number of alkyl halides is 6. The summed E-state index contributed by atoms with van der Waals surface area (Å²) in [5.74, 6) is -2.97. The van der Waals surface area contributed by atoms with Crippen molar-refractivity contribution in [1.29, 1.82) is 0 Å². The minimum atomic E-state index is -2.29. The summed E-state index contributed by atoms with van der Waals surface area (Å²) < 4.78 is 2.43. The van der Waals surface area contributed by atoms with Gasteiger partial charge in [0.15, 0.2) is 10.4 Å². The number of nitrogens with one attached hydrogen (secondary N) is 1. The van der Waals surface area contributed by atoms with E-state index < -0.39 is 49.4 Å². The Balaban J connectivity index is 1.86. The topological polar surface area (TPSA) is 88.6 Å². The lowest BCUT2D eigenvalue weighted by Gasteiger charge is -2.49. The van der Waals surface area contributed by atoms with Gasteiger partial charge in [0.25, 0.3) is 14.2 Å². The quantitative estimate of drug-likeness (QED) is 0.118. The molecule has 1 aromatic heterocycles.